The summed E-state index contributed by atoms with van der Waals surface area (Å²) in [7, 11) is 0. The first-order valence-electron chi connectivity index (χ1n) is 15.1. The average Bonchev–Trinajstić information content (AvgIpc) is 3.74. The highest BCUT2D eigenvalue weighted by Gasteiger charge is 2.27. The van der Waals surface area contributed by atoms with Gasteiger partial charge in [-0.05, 0) is 84.8 Å². The molecule has 46 heavy (non-hydrogen) atoms. The number of carbonyl (C=O) groups is 2. The number of halogens is 3. The minimum absolute atomic E-state index is 0.116. The fourth-order valence-corrected chi connectivity index (χ4v) is 5.57. The normalized spacial score (nSPS) is 13.9. The number of hydrogen-bond donors (Lipinski definition) is 3. The molecule has 0 radical (unpaired) electrons. The Balaban J connectivity index is 1.37. The van der Waals surface area contributed by atoms with Crippen molar-refractivity contribution in [2.45, 2.75) is 51.4 Å². The first kappa shape index (κ1) is 31.0. The summed E-state index contributed by atoms with van der Waals surface area (Å²) >= 11 is 0. The smallest absolute Gasteiger partial charge is 0.383 e. The van der Waals surface area contributed by atoms with Crippen molar-refractivity contribution < 1.29 is 27.9 Å². The molecule has 236 valence electrons. The van der Waals surface area contributed by atoms with E-state index in [-0.39, 0.29) is 18.5 Å². The maximum Gasteiger partial charge on any atom is 0.390 e. The highest BCUT2D eigenvalue weighted by atomic mass is 19.4. The molecule has 0 saturated heterocycles. The Kier molecular flexibility index (Phi) is 8.39. The van der Waals surface area contributed by atoms with Crippen LogP contribution in [0.4, 0.5) is 18.9 Å². The van der Waals surface area contributed by atoms with E-state index in [1.54, 1.807) is 67.8 Å². The number of amides is 1. The maximum atomic E-state index is 13.0. The van der Waals surface area contributed by atoms with Gasteiger partial charge in [0.25, 0.3) is 5.91 Å². The molecule has 1 aromatic heterocycles. The number of anilines is 1. The molecule has 1 fully saturated rings. The number of aliphatic hydroxyl groups is 1. The van der Waals surface area contributed by atoms with Gasteiger partial charge in [-0.15, -0.1) is 0 Å². The van der Waals surface area contributed by atoms with Crippen LogP contribution in [0.3, 0.4) is 0 Å². The number of aliphatic hydroxyl groups excluding tert-OH is 1. The Labute approximate surface area is 264 Å². The Morgan fingerprint density at radius 1 is 0.957 bits per heavy atom. The van der Waals surface area contributed by atoms with E-state index in [9.17, 15) is 27.9 Å². The van der Waals surface area contributed by atoms with Crippen molar-refractivity contribution in [3.05, 3.63) is 113 Å². The van der Waals surface area contributed by atoms with Crippen molar-refractivity contribution in [3.63, 3.8) is 0 Å². The van der Waals surface area contributed by atoms with E-state index in [4.69, 9.17) is 0 Å². The van der Waals surface area contributed by atoms with Gasteiger partial charge in [-0.3, -0.25) is 14.2 Å². The van der Waals surface area contributed by atoms with E-state index in [2.05, 4.69) is 15.6 Å². The van der Waals surface area contributed by atoms with Crippen LogP contribution in [0.25, 0.3) is 27.8 Å². The fraction of sp³-hybridized carbons (Fsp3) is 0.250. The number of rotatable bonds is 10. The van der Waals surface area contributed by atoms with Gasteiger partial charge in [0.1, 0.15) is 17.9 Å². The number of hydrogen-bond acceptors (Lipinski definition) is 5. The first-order chi connectivity index (χ1) is 22.0. The number of carbonyl (C=O) groups excluding carboxylic acids is 2. The SMILES string of the molecule is Cc1cc(-n2cnc3c(NCCC(F)(F)F)cc(-c4ccc(C(O)C(=O)c5ccccc5)c(C)c4)cc32)ccc1C(=O)NC1CC1. The Morgan fingerprint density at radius 2 is 1.72 bits per heavy atom. The molecule has 5 aromatic rings. The van der Waals surface area contributed by atoms with Crippen LogP contribution in [-0.4, -0.2) is 45.1 Å². The third-order valence-corrected chi connectivity index (χ3v) is 8.23. The zero-order valence-corrected chi connectivity index (χ0v) is 25.4. The summed E-state index contributed by atoms with van der Waals surface area (Å²) in [5.74, 6) is -0.529. The molecule has 4 aromatic carbocycles. The number of nitrogens with one attached hydrogen (secondary N) is 2. The lowest BCUT2D eigenvalue weighted by molar-refractivity contribution is -0.131. The minimum Gasteiger partial charge on any atom is -0.383 e. The van der Waals surface area contributed by atoms with E-state index in [0.29, 0.717) is 44.5 Å². The summed E-state index contributed by atoms with van der Waals surface area (Å²) in [6.07, 6.45) is -3.09. The second-order valence-electron chi connectivity index (χ2n) is 11.7. The monoisotopic (exact) mass is 626 g/mol. The van der Waals surface area contributed by atoms with Crippen molar-refractivity contribution in [1.82, 2.24) is 14.9 Å². The third kappa shape index (κ3) is 6.67. The lowest BCUT2D eigenvalue weighted by Crippen LogP contribution is -2.26. The minimum atomic E-state index is -4.32. The van der Waals surface area contributed by atoms with E-state index in [1.807, 2.05) is 35.8 Å². The number of aryl methyl sites for hydroxylation is 2. The number of aromatic nitrogens is 2. The number of fused-ring (bicyclic) bond motifs is 1. The molecular weight excluding hydrogens is 593 g/mol. The summed E-state index contributed by atoms with van der Waals surface area (Å²) in [5, 5.41) is 16.8. The lowest BCUT2D eigenvalue weighted by Gasteiger charge is -2.16. The summed E-state index contributed by atoms with van der Waals surface area (Å²) in [6, 6.07) is 23.3. The Morgan fingerprint density at radius 3 is 2.39 bits per heavy atom. The number of imidazole rings is 1. The van der Waals surface area contributed by atoms with Gasteiger partial charge in [0, 0.05) is 29.4 Å². The zero-order chi connectivity index (χ0) is 32.6. The standard InChI is InChI=1S/C36H33F3N4O3/c1-21-16-24(8-12-28(21)34(45)33(44)23-6-4-3-5-7-23)25-18-30(40-15-14-36(37,38)39)32-31(19-25)43(20-41-32)27-11-13-29(22(2)17-27)35(46)42-26-9-10-26/h3-8,11-13,16-20,26,34,40,45H,9-10,14-15H2,1-2H3,(H,42,46). The molecule has 0 spiro atoms. The molecule has 1 saturated carbocycles. The van der Waals surface area contributed by atoms with E-state index in [0.717, 1.165) is 29.7 Å². The van der Waals surface area contributed by atoms with Crippen LogP contribution in [-0.2, 0) is 0 Å². The molecule has 7 nitrogen and oxygen atoms in total. The van der Waals surface area contributed by atoms with Gasteiger partial charge < -0.3 is 15.7 Å². The van der Waals surface area contributed by atoms with Gasteiger partial charge >= 0.3 is 6.18 Å². The molecule has 1 atom stereocenters. The predicted molar refractivity (Wildman–Crippen MR) is 171 cm³/mol. The second kappa shape index (κ2) is 12.4. The van der Waals surface area contributed by atoms with Crippen LogP contribution in [0.15, 0.2) is 85.2 Å². The van der Waals surface area contributed by atoms with Gasteiger partial charge in [0.15, 0.2) is 5.78 Å². The van der Waals surface area contributed by atoms with Gasteiger partial charge in [-0.2, -0.15) is 13.2 Å². The predicted octanol–water partition coefficient (Wildman–Crippen LogP) is 7.48. The number of Topliss-reactive ketones (excluding diaryl/α,β-unsaturated/α-hetero) is 1. The maximum absolute atomic E-state index is 13.0. The molecule has 1 unspecified atom stereocenters. The van der Waals surface area contributed by atoms with Crippen molar-refractivity contribution >= 4 is 28.4 Å². The van der Waals surface area contributed by atoms with Gasteiger partial charge in [-0.25, -0.2) is 4.98 Å². The molecule has 6 rings (SSSR count). The highest BCUT2D eigenvalue weighted by molar-refractivity contribution is 6.00. The molecule has 1 aliphatic rings. The van der Waals surface area contributed by atoms with Crippen molar-refractivity contribution in [1.29, 1.82) is 0 Å². The molecule has 10 heteroatoms. The number of benzene rings is 4. The van der Waals surface area contributed by atoms with E-state index in [1.165, 1.54) is 0 Å². The zero-order valence-electron chi connectivity index (χ0n) is 25.4. The highest BCUT2D eigenvalue weighted by Crippen LogP contribution is 2.34. The van der Waals surface area contributed by atoms with Crippen molar-refractivity contribution in [3.8, 4) is 16.8 Å². The largest absolute Gasteiger partial charge is 0.390 e. The summed E-state index contributed by atoms with van der Waals surface area (Å²) in [6.45, 7) is 3.33. The van der Waals surface area contributed by atoms with Gasteiger partial charge in [0.2, 0.25) is 0 Å². The van der Waals surface area contributed by atoms with Gasteiger partial charge in [-0.1, -0.05) is 48.5 Å². The molecule has 1 amide bonds. The Hall–Kier alpha value is -4.96. The number of nitrogens with zero attached hydrogens (tertiary/aromatic N) is 2. The number of ketones is 1. The fourth-order valence-electron chi connectivity index (χ4n) is 5.57. The van der Waals surface area contributed by atoms with Crippen LogP contribution in [0.2, 0.25) is 0 Å². The quantitative estimate of drug-likeness (QED) is 0.140. The molecule has 0 bridgehead atoms. The van der Waals surface area contributed by atoms with Gasteiger partial charge in [0.05, 0.1) is 17.6 Å². The van der Waals surface area contributed by atoms with Crippen molar-refractivity contribution in [2.24, 2.45) is 0 Å². The summed E-state index contributed by atoms with van der Waals surface area (Å²) in [4.78, 5) is 30.2. The van der Waals surface area contributed by atoms with E-state index < -0.39 is 24.5 Å². The topological polar surface area (TPSA) is 96.2 Å². The molecule has 1 aliphatic carbocycles. The van der Waals surface area contributed by atoms with Crippen LogP contribution in [0, 0.1) is 13.8 Å². The van der Waals surface area contributed by atoms with E-state index >= 15 is 0 Å². The van der Waals surface area contributed by atoms with Crippen LogP contribution < -0.4 is 10.6 Å². The summed E-state index contributed by atoms with van der Waals surface area (Å²) < 4.78 is 40.9. The molecule has 3 N–H and O–H groups in total. The van der Waals surface area contributed by atoms with Crippen molar-refractivity contribution in [2.75, 3.05) is 11.9 Å². The van der Waals surface area contributed by atoms with Crippen LogP contribution >= 0.6 is 0 Å². The first-order valence-corrected chi connectivity index (χ1v) is 15.1. The third-order valence-electron chi connectivity index (χ3n) is 8.23. The Bertz CT molecular complexity index is 1930. The molecular formula is C36H33F3N4O3. The number of alkyl halides is 3. The lowest BCUT2D eigenvalue weighted by atomic mass is 9.93. The molecule has 0 aliphatic heterocycles. The van der Waals surface area contributed by atoms with Crippen LogP contribution in [0.5, 0.6) is 0 Å². The second-order valence-corrected chi connectivity index (χ2v) is 11.7. The summed E-state index contributed by atoms with van der Waals surface area (Å²) in [5.41, 5.74) is 6.71. The van der Waals surface area contributed by atoms with Crippen LogP contribution in [0.1, 0.15) is 62.8 Å². The average molecular weight is 627 g/mol. The molecule has 1 heterocycles.